The zero-order chi connectivity index (χ0) is 19.2. The third-order valence-corrected chi connectivity index (χ3v) is 4.06. The summed E-state index contributed by atoms with van der Waals surface area (Å²) in [6.45, 7) is 0.344. The van der Waals surface area contributed by atoms with Gasteiger partial charge in [-0.05, 0) is 35.9 Å². The lowest BCUT2D eigenvalue weighted by Gasteiger charge is -2.10. The number of pyridine rings is 1. The van der Waals surface area contributed by atoms with Gasteiger partial charge in [-0.2, -0.15) is 0 Å². The molecule has 0 saturated carbocycles. The summed E-state index contributed by atoms with van der Waals surface area (Å²) < 4.78 is 11.9. The fraction of sp³-hybridized carbons (Fsp3) is 0.143. The molecule has 3 aromatic rings. The molecule has 0 bridgehead atoms. The van der Waals surface area contributed by atoms with Crippen LogP contribution in [0.4, 0.5) is 5.69 Å². The second-order valence-corrected chi connectivity index (χ2v) is 5.92. The van der Waals surface area contributed by atoms with E-state index in [0.717, 1.165) is 5.56 Å². The Kier molecular flexibility index (Phi) is 5.56. The lowest BCUT2D eigenvalue weighted by molar-refractivity contribution is 0.102. The first kappa shape index (κ1) is 18.3. The standard InChI is InChI=1S/C21H20N2O4/c1-26-18-7-3-5-15(11-18)13-23-14-16(9-10-20(23)24)21(25)22-17-6-4-8-19(12-17)27-2/h3-12,14H,13H2,1-2H3,(H,22,25). The minimum absolute atomic E-state index is 0.184. The van der Waals surface area contributed by atoms with E-state index in [1.165, 1.54) is 16.7 Å². The Hall–Kier alpha value is -3.54. The zero-order valence-electron chi connectivity index (χ0n) is 15.1. The largest absolute Gasteiger partial charge is 0.497 e. The lowest BCUT2D eigenvalue weighted by Crippen LogP contribution is -2.22. The number of hydrogen-bond acceptors (Lipinski definition) is 4. The number of hydrogen-bond donors (Lipinski definition) is 1. The molecule has 1 amide bonds. The highest BCUT2D eigenvalue weighted by atomic mass is 16.5. The molecule has 6 nitrogen and oxygen atoms in total. The highest BCUT2D eigenvalue weighted by molar-refractivity contribution is 6.04. The van der Waals surface area contributed by atoms with Crippen LogP contribution in [-0.4, -0.2) is 24.7 Å². The van der Waals surface area contributed by atoms with Crippen LogP contribution in [0.5, 0.6) is 11.5 Å². The zero-order valence-corrected chi connectivity index (χ0v) is 15.1. The second kappa shape index (κ2) is 8.23. The first-order valence-electron chi connectivity index (χ1n) is 8.38. The van der Waals surface area contributed by atoms with Crippen LogP contribution < -0.4 is 20.3 Å². The molecule has 0 saturated heterocycles. The number of carbonyl (C=O) groups is 1. The van der Waals surface area contributed by atoms with E-state index in [4.69, 9.17) is 9.47 Å². The van der Waals surface area contributed by atoms with Gasteiger partial charge in [-0.1, -0.05) is 18.2 Å². The van der Waals surface area contributed by atoms with E-state index in [1.54, 1.807) is 44.7 Å². The number of anilines is 1. The fourth-order valence-corrected chi connectivity index (χ4v) is 2.66. The van der Waals surface area contributed by atoms with Gasteiger partial charge in [0.05, 0.1) is 26.3 Å². The minimum atomic E-state index is -0.303. The van der Waals surface area contributed by atoms with Crippen LogP contribution in [-0.2, 0) is 6.54 Å². The quantitative estimate of drug-likeness (QED) is 0.729. The minimum Gasteiger partial charge on any atom is -0.497 e. The summed E-state index contributed by atoms with van der Waals surface area (Å²) >= 11 is 0. The fourth-order valence-electron chi connectivity index (χ4n) is 2.66. The van der Waals surface area contributed by atoms with Gasteiger partial charge in [-0.3, -0.25) is 9.59 Å². The Labute approximate surface area is 157 Å². The Morgan fingerprint density at radius 3 is 2.41 bits per heavy atom. The molecular weight excluding hydrogens is 344 g/mol. The maximum absolute atomic E-state index is 12.5. The number of rotatable bonds is 6. The first-order chi connectivity index (χ1) is 13.1. The lowest BCUT2D eigenvalue weighted by atomic mass is 10.2. The third-order valence-electron chi connectivity index (χ3n) is 4.06. The van der Waals surface area contributed by atoms with Gasteiger partial charge in [0.15, 0.2) is 0 Å². The van der Waals surface area contributed by atoms with Gasteiger partial charge in [0, 0.05) is 24.0 Å². The highest BCUT2D eigenvalue weighted by Crippen LogP contribution is 2.17. The van der Waals surface area contributed by atoms with Crippen molar-refractivity contribution in [1.29, 1.82) is 0 Å². The molecule has 1 aromatic heterocycles. The number of amides is 1. The molecular formula is C21H20N2O4. The smallest absolute Gasteiger partial charge is 0.257 e. The van der Waals surface area contributed by atoms with Gasteiger partial charge in [-0.25, -0.2) is 0 Å². The maximum atomic E-state index is 12.5. The normalized spacial score (nSPS) is 10.3. The van der Waals surface area contributed by atoms with Crippen molar-refractivity contribution in [3.8, 4) is 11.5 Å². The van der Waals surface area contributed by atoms with E-state index in [0.29, 0.717) is 29.3 Å². The number of ether oxygens (including phenoxy) is 2. The molecule has 0 aliphatic heterocycles. The predicted octanol–water partition coefficient (Wildman–Crippen LogP) is 3.17. The molecule has 0 spiro atoms. The molecule has 1 heterocycles. The summed E-state index contributed by atoms with van der Waals surface area (Å²) in [5.74, 6) is 1.06. The van der Waals surface area contributed by atoms with Crippen LogP contribution in [0, 0.1) is 0 Å². The molecule has 0 aliphatic rings. The van der Waals surface area contributed by atoms with Crippen LogP contribution in [0.15, 0.2) is 71.7 Å². The molecule has 1 N–H and O–H groups in total. The van der Waals surface area contributed by atoms with Crippen molar-refractivity contribution >= 4 is 11.6 Å². The maximum Gasteiger partial charge on any atom is 0.257 e. The second-order valence-electron chi connectivity index (χ2n) is 5.92. The highest BCUT2D eigenvalue weighted by Gasteiger charge is 2.09. The van der Waals surface area contributed by atoms with Gasteiger partial charge in [0.25, 0.3) is 11.5 Å². The summed E-state index contributed by atoms with van der Waals surface area (Å²) in [5.41, 5.74) is 1.72. The van der Waals surface area contributed by atoms with Crippen molar-refractivity contribution in [2.45, 2.75) is 6.54 Å². The average Bonchev–Trinajstić information content (AvgIpc) is 2.70. The molecule has 6 heteroatoms. The van der Waals surface area contributed by atoms with E-state index >= 15 is 0 Å². The molecule has 0 atom stereocenters. The number of benzene rings is 2. The summed E-state index contributed by atoms with van der Waals surface area (Å²) in [5, 5.41) is 2.81. The van der Waals surface area contributed by atoms with Crippen LogP contribution >= 0.6 is 0 Å². The van der Waals surface area contributed by atoms with Crippen molar-refractivity contribution in [2.24, 2.45) is 0 Å². The number of methoxy groups -OCH3 is 2. The Morgan fingerprint density at radius 1 is 0.963 bits per heavy atom. The van der Waals surface area contributed by atoms with Crippen molar-refractivity contribution in [3.63, 3.8) is 0 Å². The number of nitrogens with zero attached hydrogens (tertiary/aromatic N) is 1. The van der Waals surface area contributed by atoms with Crippen molar-refractivity contribution in [3.05, 3.63) is 88.3 Å². The van der Waals surface area contributed by atoms with E-state index < -0.39 is 0 Å². The van der Waals surface area contributed by atoms with Crippen LogP contribution in [0.2, 0.25) is 0 Å². The predicted molar refractivity (Wildman–Crippen MR) is 104 cm³/mol. The van der Waals surface area contributed by atoms with Crippen molar-refractivity contribution < 1.29 is 14.3 Å². The SMILES string of the molecule is COc1cccc(Cn2cc(C(=O)Nc3cccc(OC)c3)ccc2=O)c1. The van der Waals surface area contributed by atoms with Crippen LogP contribution in [0.1, 0.15) is 15.9 Å². The number of nitrogens with one attached hydrogen (secondary N) is 1. The monoisotopic (exact) mass is 364 g/mol. The van der Waals surface area contributed by atoms with Gasteiger partial charge in [-0.15, -0.1) is 0 Å². The van der Waals surface area contributed by atoms with E-state index in [1.807, 2.05) is 24.3 Å². The average molecular weight is 364 g/mol. The molecule has 0 fully saturated rings. The summed E-state index contributed by atoms with van der Waals surface area (Å²) in [6.07, 6.45) is 1.55. The number of aromatic nitrogens is 1. The topological polar surface area (TPSA) is 69.6 Å². The van der Waals surface area contributed by atoms with Crippen molar-refractivity contribution in [2.75, 3.05) is 19.5 Å². The van der Waals surface area contributed by atoms with Crippen molar-refractivity contribution in [1.82, 2.24) is 4.57 Å². The molecule has 2 aromatic carbocycles. The first-order valence-corrected chi connectivity index (χ1v) is 8.38. The third kappa shape index (κ3) is 4.55. The Bertz CT molecular complexity index is 1010. The van der Waals surface area contributed by atoms with Gasteiger partial charge < -0.3 is 19.4 Å². The molecule has 27 heavy (non-hydrogen) atoms. The number of carbonyl (C=O) groups excluding carboxylic acids is 1. The molecule has 0 unspecified atom stereocenters. The molecule has 0 radical (unpaired) electrons. The van der Waals surface area contributed by atoms with Gasteiger partial charge in [0.1, 0.15) is 11.5 Å². The summed E-state index contributed by atoms with van der Waals surface area (Å²) in [7, 11) is 3.16. The summed E-state index contributed by atoms with van der Waals surface area (Å²) in [4.78, 5) is 24.7. The van der Waals surface area contributed by atoms with Gasteiger partial charge >= 0.3 is 0 Å². The van der Waals surface area contributed by atoms with E-state index in [-0.39, 0.29) is 11.5 Å². The molecule has 3 rings (SSSR count). The van der Waals surface area contributed by atoms with E-state index in [9.17, 15) is 9.59 Å². The molecule has 0 aliphatic carbocycles. The van der Waals surface area contributed by atoms with Gasteiger partial charge in [0.2, 0.25) is 0 Å². The Balaban J connectivity index is 1.81. The van der Waals surface area contributed by atoms with Crippen LogP contribution in [0.25, 0.3) is 0 Å². The van der Waals surface area contributed by atoms with E-state index in [2.05, 4.69) is 5.32 Å². The van der Waals surface area contributed by atoms with Crippen LogP contribution in [0.3, 0.4) is 0 Å². The summed E-state index contributed by atoms with van der Waals surface area (Å²) in [6, 6.07) is 17.4. The molecule has 138 valence electrons. The Morgan fingerprint density at radius 2 is 1.67 bits per heavy atom.